The van der Waals surface area contributed by atoms with Crippen LogP contribution in [0.3, 0.4) is 0 Å². The molecule has 3 rings (SSSR count). The van der Waals surface area contributed by atoms with E-state index in [2.05, 4.69) is 0 Å². The highest BCUT2D eigenvalue weighted by Crippen LogP contribution is 2.30. The number of ether oxygens (including phenoxy) is 1. The van der Waals surface area contributed by atoms with Crippen molar-refractivity contribution in [1.82, 2.24) is 9.80 Å². The molecule has 0 N–H and O–H groups in total. The first kappa shape index (κ1) is 13.0. The molecule has 2 aliphatic heterocycles. The van der Waals surface area contributed by atoms with E-state index < -0.39 is 0 Å². The van der Waals surface area contributed by atoms with Crippen molar-refractivity contribution < 1.29 is 14.3 Å². The first-order valence-electron chi connectivity index (χ1n) is 6.87. The fourth-order valence-electron chi connectivity index (χ4n) is 3.03. The van der Waals surface area contributed by atoms with Crippen LogP contribution < -0.4 is 4.74 Å². The molecule has 2 fully saturated rings. The van der Waals surface area contributed by atoms with E-state index in [-0.39, 0.29) is 24.5 Å². The minimum Gasteiger partial charge on any atom is -0.496 e. The minimum atomic E-state index is -0.238. The highest BCUT2D eigenvalue weighted by Gasteiger charge is 2.47. The Morgan fingerprint density at radius 3 is 2.85 bits per heavy atom. The Morgan fingerprint density at radius 2 is 2.15 bits per heavy atom. The van der Waals surface area contributed by atoms with Crippen LogP contribution in [-0.2, 0) is 11.3 Å². The van der Waals surface area contributed by atoms with Crippen molar-refractivity contribution in [3.63, 3.8) is 0 Å². The molecule has 0 saturated carbocycles. The molecule has 5 heteroatoms. The van der Waals surface area contributed by atoms with E-state index in [0.717, 1.165) is 24.0 Å². The van der Waals surface area contributed by atoms with Crippen molar-refractivity contribution >= 4 is 11.9 Å². The third-order valence-corrected chi connectivity index (χ3v) is 4.04. The molecule has 1 aromatic carbocycles. The van der Waals surface area contributed by atoms with Gasteiger partial charge in [0.2, 0.25) is 0 Å². The number of amides is 3. The van der Waals surface area contributed by atoms with Gasteiger partial charge in [-0.05, 0) is 25.8 Å². The van der Waals surface area contributed by atoms with Crippen LogP contribution in [0.25, 0.3) is 0 Å². The van der Waals surface area contributed by atoms with E-state index in [1.165, 1.54) is 4.90 Å². The number of benzene rings is 1. The zero-order valence-electron chi connectivity index (χ0n) is 11.8. The number of hydrogen-bond donors (Lipinski definition) is 0. The van der Waals surface area contributed by atoms with Crippen LogP contribution in [0.2, 0.25) is 0 Å². The third-order valence-electron chi connectivity index (χ3n) is 4.04. The summed E-state index contributed by atoms with van der Waals surface area (Å²) in [6.07, 6.45) is 1.70. The molecule has 0 radical (unpaired) electrons. The van der Waals surface area contributed by atoms with Gasteiger partial charge in [0, 0.05) is 12.1 Å². The molecule has 106 valence electrons. The fourth-order valence-corrected chi connectivity index (χ4v) is 3.03. The van der Waals surface area contributed by atoms with Gasteiger partial charge in [0.1, 0.15) is 11.8 Å². The summed E-state index contributed by atoms with van der Waals surface area (Å²) in [7, 11) is 1.60. The first-order valence-corrected chi connectivity index (χ1v) is 6.87. The predicted molar refractivity (Wildman–Crippen MR) is 73.4 cm³/mol. The summed E-state index contributed by atoms with van der Waals surface area (Å²) in [6.45, 7) is 2.96. The van der Waals surface area contributed by atoms with E-state index in [0.29, 0.717) is 12.3 Å². The summed E-state index contributed by atoms with van der Waals surface area (Å²) < 4.78 is 5.31. The van der Waals surface area contributed by atoms with Crippen LogP contribution in [0.4, 0.5) is 4.79 Å². The summed E-state index contributed by atoms with van der Waals surface area (Å²) in [4.78, 5) is 27.6. The van der Waals surface area contributed by atoms with Crippen molar-refractivity contribution in [3.05, 3.63) is 29.3 Å². The normalized spacial score (nSPS) is 21.6. The average molecular weight is 274 g/mol. The molecule has 2 aliphatic rings. The van der Waals surface area contributed by atoms with Gasteiger partial charge in [-0.1, -0.05) is 17.7 Å². The van der Waals surface area contributed by atoms with Crippen LogP contribution in [0.5, 0.6) is 5.75 Å². The molecule has 20 heavy (non-hydrogen) atoms. The second-order valence-corrected chi connectivity index (χ2v) is 5.37. The molecule has 2 saturated heterocycles. The molecule has 1 atom stereocenters. The lowest BCUT2D eigenvalue weighted by Crippen LogP contribution is -2.32. The Morgan fingerprint density at radius 1 is 1.35 bits per heavy atom. The number of methoxy groups -OCH3 is 1. The lowest BCUT2D eigenvalue weighted by Gasteiger charge is -2.17. The van der Waals surface area contributed by atoms with Crippen LogP contribution >= 0.6 is 0 Å². The Hall–Kier alpha value is -2.04. The lowest BCUT2D eigenvalue weighted by molar-refractivity contribution is -0.128. The second kappa shape index (κ2) is 4.81. The standard InChI is InChI=1S/C15H18N2O3/c1-10-5-6-13(20-2)11(8-10)9-17-14(18)12-4-3-7-16(12)15(17)19/h5-6,8,12H,3-4,7,9H2,1-2H3/t12-/m1/s1. The van der Waals surface area contributed by atoms with Gasteiger partial charge < -0.3 is 9.64 Å². The van der Waals surface area contributed by atoms with Crippen LogP contribution in [-0.4, -0.2) is 41.4 Å². The van der Waals surface area contributed by atoms with Gasteiger partial charge in [-0.15, -0.1) is 0 Å². The molecule has 0 aromatic heterocycles. The number of rotatable bonds is 3. The Labute approximate surface area is 118 Å². The maximum absolute atomic E-state index is 12.3. The molecule has 5 nitrogen and oxygen atoms in total. The number of hydrogen-bond acceptors (Lipinski definition) is 3. The number of carbonyl (C=O) groups excluding carboxylic acids is 2. The maximum Gasteiger partial charge on any atom is 0.327 e. The molecular weight excluding hydrogens is 256 g/mol. The summed E-state index contributed by atoms with van der Waals surface area (Å²) in [5.74, 6) is 0.638. The average Bonchev–Trinajstić information content (AvgIpc) is 2.99. The van der Waals surface area contributed by atoms with Crippen molar-refractivity contribution in [2.24, 2.45) is 0 Å². The topological polar surface area (TPSA) is 49.9 Å². The number of nitrogens with zero attached hydrogens (tertiary/aromatic N) is 2. The van der Waals surface area contributed by atoms with E-state index >= 15 is 0 Å². The van der Waals surface area contributed by atoms with Crippen LogP contribution in [0.1, 0.15) is 24.0 Å². The number of urea groups is 1. The predicted octanol–water partition coefficient (Wildman–Crippen LogP) is 1.93. The Bertz CT molecular complexity index is 548. The summed E-state index contributed by atoms with van der Waals surface area (Å²) >= 11 is 0. The largest absolute Gasteiger partial charge is 0.496 e. The molecule has 3 amide bonds. The molecule has 0 bridgehead atoms. The number of carbonyl (C=O) groups is 2. The zero-order valence-corrected chi connectivity index (χ0v) is 11.8. The molecule has 0 unspecified atom stereocenters. The summed E-state index contributed by atoms with van der Waals surface area (Å²) in [5, 5.41) is 0. The molecule has 1 aromatic rings. The van der Waals surface area contributed by atoms with Gasteiger partial charge >= 0.3 is 6.03 Å². The van der Waals surface area contributed by atoms with Gasteiger partial charge in [0.15, 0.2) is 0 Å². The van der Waals surface area contributed by atoms with Crippen molar-refractivity contribution in [3.8, 4) is 5.75 Å². The molecule has 0 spiro atoms. The number of imide groups is 1. The highest BCUT2D eigenvalue weighted by molar-refractivity contribution is 6.04. The smallest absolute Gasteiger partial charge is 0.327 e. The molecule has 0 aliphatic carbocycles. The van der Waals surface area contributed by atoms with Crippen molar-refractivity contribution in [1.29, 1.82) is 0 Å². The number of fused-ring (bicyclic) bond motifs is 1. The van der Waals surface area contributed by atoms with E-state index in [1.54, 1.807) is 12.0 Å². The van der Waals surface area contributed by atoms with Crippen molar-refractivity contribution in [2.75, 3.05) is 13.7 Å². The van der Waals surface area contributed by atoms with E-state index in [1.807, 2.05) is 25.1 Å². The van der Waals surface area contributed by atoms with E-state index in [9.17, 15) is 9.59 Å². The lowest BCUT2D eigenvalue weighted by atomic mass is 10.1. The number of aryl methyl sites for hydroxylation is 1. The minimum absolute atomic E-state index is 0.0731. The highest BCUT2D eigenvalue weighted by atomic mass is 16.5. The van der Waals surface area contributed by atoms with E-state index in [4.69, 9.17) is 4.74 Å². The van der Waals surface area contributed by atoms with Gasteiger partial charge in [0.05, 0.1) is 13.7 Å². The third kappa shape index (κ3) is 1.94. The molecular formula is C15H18N2O3. The fraction of sp³-hybridized carbons (Fsp3) is 0.467. The summed E-state index contributed by atoms with van der Waals surface area (Å²) in [6, 6.07) is 5.38. The first-order chi connectivity index (χ1) is 9.61. The van der Waals surface area contributed by atoms with Gasteiger partial charge in [-0.3, -0.25) is 9.69 Å². The second-order valence-electron chi connectivity index (χ2n) is 5.37. The maximum atomic E-state index is 12.3. The van der Waals surface area contributed by atoms with Gasteiger partial charge in [0.25, 0.3) is 5.91 Å². The van der Waals surface area contributed by atoms with Gasteiger partial charge in [-0.2, -0.15) is 0 Å². The quantitative estimate of drug-likeness (QED) is 0.791. The van der Waals surface area contributed by atoms with Gasteiger partial charge in [-0.25, -0.2) is 4.79 Å². The SMILES string of the molecule is COc1ccc(C)cc1CN1C(=O)[C@H]2CCCN2C1=O. The molecule has 2 heterocycles. The van der Waals surface area contributed by atoms with Crippen LogP contribution in [0, 0.1) is 6.92 Å². The Kier molecular flexibility index (Phi) is 3.12. The van der Waals surface area contributed by atoms with Crippen LogP contribution in [0.15, 0.2) is 18.2 Å². The Balaban J connectivity index is 1.86. The summed E-state index contributed by atoms with van der Waals surface area (Å²) in [5.41, 5.74) is 1.95. The van der Waals surface area contributed by atoms with Crippen molar-refractivity contribution in [2.45, 2.75) is 32.4 Å². The zero-order chi connectivity index (χ0) is 14.3. The monoisotopic (exact) mass is 274 g/mol.